The van der Waals surface area contributed by atoms with E-state index >= 15 is 0 Å². The highest BCUT2D eigenvalue weighted by Gasteiger charge is 2.38. The third-order valence-electron chi connectivity index (χ3n) is 2.38. The average molecular weight is 224 g/mol. The molecule has 2 atom stereocenters. The second-order valence-electron chi connectivity index (χ2n) is 3.19. The Labute approximate surface area is 90.3 Å². The predicted molar refractivity (Wildman–Crippen MR) is 57.6 cm³/mol. The minimum Gasteiger partial charge on any atom is -0.348 e. The molecule has 0 saturated heterocycles. The first-order valence-corrected chi connectivity index (χ1v) is 4.10. The van der Waals surface area contributed by atoms with Crippen LogP contribution >= 0.6 is 24.8 Å². The first kappa shape index (κ1) is 12.8. The van der Waals surface area contributed by atoms with Gasteiger partial charge in [0.2, 0.25) is 0 Å². The summed E-state index contributed by atoms with van der Waals surface area (Å²) in [7, 11) is 0. The van der Waals surface area contributed by atoms with Crippen molar-refractivity contribution in [1.82, 2.24) is 9.97 Å². The molecule has 0 amide bonds. The molecular formula is C8H15Cl2N3. The Morgan fingerprint density at radius 1 is 1.54 bits per heavy atom. The molecule has 1 fully saturated rings. The summed E-state index contributed by atoms with van der Waals surface area (Å²) in [5, 5.41) is 0. The number of nitrogens with one attached hydrogen (secondary N) is 1. The van der Waals surface area contributed by atoms with Crippen molar-refractivity contribution < 1.29 is 0 Å². The molecule has 3 N–H and O–H groups in total. The van der Waals surface area contributed by atoms with Crippen LogP contribution in [-0.2, 0) is 0 Å². The van der Waals surface area contributed by atoms with Gasteiger partial charge in [-0.05, 0) is 25.3 Å². The van der Waals surface area contributed by atoms with E-state index in [1.807, 2.05) is 6.20 Å². The number of imidazole rings is 1. The van der Waals surface area contributed by atoms with Gasteiger partial charge in [0.1, 0.15) is 0 Å². The van der Waals surface area contributed by atoms with Crippen molar-refractivity contribution >= 4 is 24.8 Å². The van der Waals surface area contributed by atoms with Gasteiger partial charge in [0.15, 0.2) is 0 Å². The Bertz CT molecular complexity index is 225. The molecule has 0 unspecified atom stereocenters. The molecule has 1 aliphatic carbocycles. The summed E-state index contributed by atoms with van der Waals surface area (Å²) < 4.78 is 0. The molecule has 1 aromatic heterocycles. The van der Waals surface area contributed by atoms with Crippen LogP contribution in [0, 0.1) is 5.92 Å². The molecule has 1 aliphatic rings. The van der Waals surface area contributed by atoms with Gasteiger partial charge in [0, 0.05) is 17.8 Å². The first-order chi connectivity index (χ1) is 5.42. The highest BCUT2D eigenvalue weighted by Crippen LogP contribution is 2.48. The van der Waals surface area contributed by atoms with E-state index in [4.69, 9.17) is 5.73 Å². The Balaban J connectivity index is 0.000000720. The maximum Gasteiger partial charge on any atom is 0.0921 e. The van der Waals surface area contributed by atoms with E-state index in [0.29, 0.717) is 0 Å². The molecule has 2 rings (SSSR count). The van der Waals surface area contributed by atoms with Crippen molar-refractivity contribution in [3.05, 3.63) is 18.2 Å². The predicted octanol–water partition coefficient (Wildman–Crippen LogP) is 1.71. The van der Waals surface area contributed by atoms with Gasteiger partial charge in [-0.25, -0.2) is 4.98 Å². The molecule has 1 heterocycles. The molecule has 0 aliphatic heterocycles. The minimum atomic E-state index is 0. The van der Waals surface area contributed by atoms with E-state index in [1.165, 1.54) is 12.1 Å². The van der Waals surface area contributed by atoms with E-state index in [-0.39, 0.29) is 24.8 Å². The summed E-state index contributed by atoms with van der Waals surface area (Å²) in [6, 6.07) is 0. The largest absolute Gasteiger partial charge is 0.348 e. The molecule has 76 valence electrons. The zero-order valence-corrected chi connectivity index (χ0v) is 8.90. The first-order valence-electron chi connectivity index (χ1n) is 4.10. The van der Waals surface area contributed by atoms with E-state index in [1.54, 1.807) is 6.33 Å². The standard InChI is InChI=1S/C8H13N3.2ClH/c9-2-1-6-3-7(6)8-4-10-5-11-8;;/h4-7H,1-3,9H2,(H,10,11);2*1H/t6-,7+;;/m1../s1. The lowest BCUT2D eigenvalue weighted by atomic mass is 10.2. The number of aromatic nitrogens is 2. The molecule has 13 heavy (non-hydrogen) atoms. The normalized spacial score (nSPS) is 24.4. The number of halogens is 2. The molecule has 0 spiro atoms. The molecule has 0 aromatic carbocycles. The lowest BCUT2D eigenvalue weighted by molar-refractivity contribution is 0.710. The van der Waals surface area contributed by atoms with Crippen LogP contribution in [0.4, 0.5) is 0 Å². The van der Waals surface area contributed by atoms with Gasteiger partial charge < -0.3 is 10.7 Å². The van der Waals surface area contributed by atoms with Crippen LogP contribution < -0.4 is 5.73 Å². The number of hydrogen-bond acceptors (Lipinski definition) is 2. The van der Waals surface area contributed by atoms with Crippen molar-refractivity contribution in [1.29, 1.82) is 0 Å². The zero-order valence-electron chi connectivity index (χ0n) is 7.27. The number of rotatable bonds is 3. The Hall–Kier alpha value is -0.250. The summed E-state index contributed by atoms with van der Waals surface area (Å²) in [5.41, 5.74) is 6.74. The van der Waals surface area contributed by atoms with Crippen LogP contribution in [0.5, 0.6) is 0 Å². The van der Waals surface area contributed by atoms with Crippen LogP contribution in [0.2, 0.25) is 0 Å². The zero-order chi connectivity index (χ0) is 7.68. The van der Waals surface area contributed by atoms with Crippen molar-refractivity contribution in [2.75, 3.05) is 6.54 Å². The molecule has 1 saturated carbocycles. The van der Waals surface area contributed by atoms with Gasteiger partial charge in [0.05, 0.1) is 6.33 Å². The van der Waals surface area contributed by atoms with Gasteiger partial charge in [-0.15, -0.1) is 24.8 Å². The summed E-state index contributed by atoms with van der Waals surface area (Å²) in [6.45, 7) is 0.815. The molecule has 3 nitrogen and oxygen atoms in total. The fourth-order valence-corrected chi connectivity index (χ4v) is 1.63. The lowest BCUT2D eigenvalue weighted by Gasteiger charge is -1.93. The topological polar surface area (TPSA) is 54.7 Å². The molecule has 0 bridgehead atoms. The maximum atomic E-state index is 5.46. The van der Waals surface area contributed by atoms with Gasteiger partial charge in [-0.2, -0.15) is 0 Å². The van der Waals surface area contributed by atoms with Crippen LogP contribution in [0.15, 0.2) is 12.5 Å². The van der Waals surface area contributed by atoms with Crippen LogP contribution in [0.25, 0.3) is 0 Å². The van der Waals surface area contributed by atoms with E-state index in [0.717, 1.165) is 24.8 Å². The summed E-state index contributed by atoms with van der Waals surface area (Å²) in [5.74, 6) is 1.54. The quantitative estimate of drug-likeness (QED) is 0.821. The summed E-state index contributed by atoms with van der Waals surface area (Å²) in [4.78, 5) is 7.13. The van der Waals surface area contributed by atoms with E-state index in [9.17, 15) is 0 Å². The SMILES string of the molecule is Cl.Cl.NCC[C@@H]1C[C@@H]1c1cnc[nH]1. The monoisotopic (exact) mass is 223 g/mol. The average Bonchev–Trinajstić information content (AvgIpc) is 2.61. The highest BCUT2D eigenvalue weighted by molar-refractivity contribution is 5.85. The van der Waals surface area contributed by atoms with Gasteiger partial charge >= 0.3 is 0 Å². The van der Waals surface area contributed by atoms with Crippen LogP contribution in [0.3, 0.4) is 0 Å². The van der Waals surface area contributed by atoms with Crippen molar-refractivity contribution in [2.24, 2.45) is 11.7 Å². The number of aromatic amines is 1. The smallest absolute Gasteiger partial charge is 0.0921 e. The maximum absolute atomic E-state index is 5.46. The Morgan fingerprint density at radius 2 is 2.31 bits per heavy atom. The fourth-order valence-electron chi connectivity index (χ4n) is 1.63. The van der Waals surface area contributed by atoms with Crippen molar-refractivity contribution in [3.8, 4) is 0 Å². The molecular weight excluding hydrogens is 209 g/mol. The van der Waals surface area contributed by atoms with Gasteiger partial charge in [-0.1, -0.05) is 0 Å². The fraction of sp³-hybridized carbons (Fsp3) is 0.625. The van der Waals surface area contributed by atoms with Crippen LogP contribution in [0.1, 0.15) is 24.5 Å². The highest BCUT2D eigenvalue weighted by atomic mass is 35.5. The van der Waals surface area contributed by atoms with E-state index < -0.39 is 0 Å². The number of hydrogen-bond donors (Lipinski definition) is 2. The third-order valence-corrected chi connectivity index (χ3v) is 2.38. The Morgan fingerprint density at radius 3 is 2.85 bits per heavy atom. The molecule has 5 heteroatoms. The number of H-pyrrole nitrogens is 1. The molecule has 1 aromatic rings. The third kappa shape index (κ3) is 2.86. The lowest BCUT2D eigenvalue weighted by Crippen LogP contribution is -1.99. The Kier molecular flexibility index (Phi) is 5.37. The van der Waals surface area contributed by atoms with Crippen molar-refractivity contribution in [2.45, 2.75) is 18.8 Å². The second kappa shape index (κ2) is 5.47. The van der Waals surface area contributed by atoms with Gasteiger partial charge in [-0.3, -0.25) is 0 Å². The summed E-state index contributed by atoms with van der Waals surface area (Å²) in [6.07, 6.45) is 6.11. The van der Waals surface area contributed by atoms with Crippen LogP contribution in [-0.4, -0.2) is 16.5 Å². The second-order valence-corrected chi connectivity index (χ2v) is 3.19. The van der Waals surface area contributed by atoms with E-state index in [2.05, 4.69) is 9.97 Å². The minimum absolute atomic E-state index is 0. The van der Waals surface area contributed by atoms with Crippen molar-refractivity contribution in [3.63, 3.8) is 0 Å². The molecule has 0 radical (unpaired) electrons. The summed E-state index contributed by atoms with van der Waals surface area (Å²) >= 11 is 0. The number of nitrogens with zero attached hydrogens (tertiary/aromatic N) is 1. The number of nitrogens with two attached hydrogens (primary N) is 1. The van der Waals surface area contributed by atoms with Gasteiger partial charge in [0.25, 0.3) is 0 Å².